The molecule has 1 amide bonds. The van der Waals surface area contributed by atoms with E-state index < -0.39 is 0 Å². The van der Waals surface area contributed by atoms with Crippen LogP contribution < -0.4 is 15.4 Å². The zero-order chi connectivity index (χ0) is 20.1. The number of imidazole rings is 1. The predicted molar refractivity (Wildman–Crippen MR) is 114 cm³/mol. The fraction of sp³-hybridized carbons (Fsp3) is 0.304. The number of nitrogens with one attached hydrogen (secondary N) is 3. The maximum absolute atomic E-state index is 12.7. The third-order valence-corrected chi connectivity index (χ3v) is 5.24. The van der Waals surface area contributed by atoms with E-state index in [0.717, 1.165) is 41.4 Å². The van der Waals surface area contributed by atoms with Crippen LogP contribution in [0.1, 0.15) is 35.2 Å². The fourth-order valence-corrected chi connectivity index (χ4v) is 3.49. The topological polar surface area (TPSA) is 79.0 Å². The van der Waals surface area contributed by atoms with Crippen LogP contribution in [0.4, 0.5) is 5.69 Å². The van der Waals surface area contributed by atoms with E-state index in [1.165, 1.54) is 12.8 Å². The summed E-state index contributed by atoms with van der Waals surface area (Å²) in [4.78, 5) is 20.0. The van der Waals surface area contributed by atoms with Gasteiger partial charge in [-0.05, 0) is 62.2 Å². The molecule has 1 aliphatic heterocycles. The standard InChI is InChI=1S/C23H26N4O2/c1-16-5-6-18(22-25-12-13-26-22)14-21(16)27-23(28)17-7-9-20(10-8-17)29-15-19-4-2-3-11-24-19/h5-10,12-14,19,24H,2-4,11,15H2,1H3,(H,25,26)(H,27,28). The second-order valence-electron chi connectivity index (χ2n) is 7.40. The van der Waals surface area contributed by atoms with Crippen molar-refractivity contribution in [2.75, 3.05) is 18.5 Å². The number of hydrogen-bond acceptors (Lipinski definition) is 4. The highest BCUT2D eigenvalue weighted by Crippen LogP contribution is 2.24. The summed E-state index contributed by atoms with van der Waals surface area (Å²) in [7, 11) is 0. The van der Waals surface area contributed by atoms with E-state index in [1.54, 1.807) is 24.5 Å². The van der Waals surface area contributed by atoms with Gasteiger partial charge in [-0.15, -0.1) is 0 Å². The molecule has 0 saturated carbocycles. The molecule has 6 heteroatoms. The number of rotatable bonds is 6. The van der Waals surface area contributed by atoms with Crippen molar-refractivity contribution in [3.8, 4) is 17.1 Å². The molecule has 1 fully saturated rings. The van der Waals surface area contributed by atoms with Crippen LogP contribution in [0.3, 0.4) is 0 Å². The molecule has 0 bridgehead atoms. The minimum atomic E-state index is -0.148. The molecule has 0 spiro atoms. The van der Waals surface area contributed by atoms with Gasteiger partial charge >= 0.3 is 0 Å². The number of amides is 1. The smallest absolute Gasteiger partial charge is 0.255 e. The Morgan fingerprint density at radius 2 is 2.07 bits per heavy atom. The molecule has 6 nitrogen and oxygen atoms in total. The molecule has 2 aromatic carbocycles. The van der Waals surface area contributed by atoms with E-state index in [2.05, 4.69) is 20.6 Å². The largest absolute Gasteiger partial charge is 0.492 e. The van der Waals surface area contributed by atoms with Gasteiger partial charge in [-0.2, -0.15) is 0 Å². The summed E-state index contributed by atoms with van der Waals surface area (Å²) in [6, 6.07) is 13.6. The van der Waals surface area contributed by atoms with Crippen LogP contribution in [0.25, 0.3) is 11.4 Å². The summed E-state index contributed by atoms with van der Waals surface area (Å²) in [5, 5.41) is 6.47. The molecule has 3 N–H and O–H groups in total. The highest BCUT2D eigenvalue weighted by atomic mass is 16.5. The Kier molecular flexibility index (Phi) is 5.91. The van der Waals surface area contributed by atoms with E-state index >= 15 is 0 Å². The van der Waals surface area contributed by atoms with E-state index in [4.69, 9.17) is 4.74 Å². The molecule has 1 aliphatic rings. The van der Waals surface area contributed by atoms with Crippen molar-refractivity contribution in [1.29, 1.82) is 0 Å². The Bertz CT molecular complexity index is 946. The molecule has 0 radical (unpaired) electrons. The molecule has 150 valence electrons. The molecule has 1 saturated heterocycles. The summed E-state index contributed by atoms with van der Waals surface area (Å²) >= 11 is 0. The summed E-state index contributed by atoms with van der Waals surface area (Å²) in [6.45, 7) is 3.69. The molecular weight excluding hydrogens is 364 g/mol. The van der Waals surface area contributed by atoms with Crippen molar-refractivity contribution in [2.45, 2.75) is 32.2 Å². The third kappa shape index (κ3) is 4.84. The molecule has 4 rings (SSSR count). The number of hydrogen-bond donors (Lipinski definition) is 3. The normalized spacial score (nSPS) is 16.4. The molecule has 1 aromatic heterocycles. The van der Waals surface area contributed by atoms with Crippen LogP contribution >= 0.6 is 0 Å². The van der Waals surface area contributed by atoms with Crippen molar-refractivity contribution >= 4 is 11.6 Å². The van der Waals surface area contributed by atoms with Crippen molar-refractivity contribution < 1.29 is 9.53 Å². The first-order chi connectivity index (χ1) is 14.2. The maximum Gasteiger partial charge on any atom is 0.255 e. The van der Waals surface area contributed by atoms with E-state index in [-0.39, 0.29) is 5.91 Å². The molecule has 1 unspecified atom stereocenters. The van der Waals surface area contributed by atoms with Gasteiger partial charge in [0.1, 0.15) is 18.2 Å². The monoisotopic (exact) mass is 390 g/mol. The number of H-pyrrole nitrogens is 1. The van der Waals surface area contributed by atoms with E-state index in [9.17, 15) is 4.79 Å². The van der Waals surface area contributed by atoms with Gasteiger partial charge < -0.3 is 20.4 Å². The first kappa shape index (κ1) is 19.2. The first-order valence-corrected chi connectivity index (χ1v) is 10.1. The summed E-state index contributed by atoms with van der Waals surface area (Å²) < 4.78 is 5.87. The Morgan fingerprint density at radius 3 is 2.79 bits per heavy atom. The minimum absolute atomic E-state index is 0.148. The van der Waals surface area contributed by atoms with Crippen LogP contribution in [-0.4, -0.2) is 35.1 Å². The van der Waals surface area contributed by atoms with Gasteiger partial charge in [-0.3, -0.25) is 4.79 Å². The third-order valence-electron chi connectivity index (χ3n) is 5.24. The molecule has 2 heterocycles. The number of ether oxygens (including phenoxy) is 1. The minimum Gasteiger partial charge on any atom is -0.492 e. The Balaban J connectivity index is 1.39. The summed E-state index contributed by atoms with van der Waals surface area (Å²) in [6.07, 6.45) is 7.13. The first-order valence-electron chi connectivity index (χ1n) is 10.1. The predicted octanol–water partition coefficient (Wildman–Crippen LogP) is 4.16. The van der Waals surface area contributed by atoms with Gasteiger partial charge in [-0.25, -0.2) is 4.98 Å². The average molecular weight is 390 g/mol. The van der Waals surface area contributed by atoms with Crippen LogP contribution in [-0.2, 0) is 0 Å². The molecule has 0 aliphatic carbocycles. The van der Waals surface area contributed by atoms with Gasteiger partial charge in [0.2, 0.25) is 0 Å². The number of aromatic nitrogens is 2. The number of aryl methyl sites for hydroxylation is 1. The number of benzene rings is 2. The Morgan fingerprint density at radius 1 is 1.21 bits per heavy atom. The lowest BCUT2D eigenvalue weighted by Crippen LogP contribution is -2.38. The average Bonchev–Trinajstić information content (AvgIpc) is 3.30. The van der Waals surface area contributed by atoms with Crippen LogP contribution in [0.15, 0.2) is 54.9 Å². The lowest BCUT2D eigenvalue weighted by Gasteiger charge is -2.23. The van der Waals surface area contributed by atoms with Crippen molar-refractivity contribution in [1.82, 2.24) is 15.3 Å². The summed E-state index contributed by atoms with van der Waals surface area (Å²) in [5.41, 5.74) is 3.29. The number of carbonyl (C=O) groups is 1. The lowest BCUT2D eigenvalue weighted by atomic mass is 10.1. The number of aromatic amines is 1. The zero-order valence-corrected chi connectivity index (χ0v) is 16.6. The second kappa shape index (κ2) is 8.92. The maximum atomic E-state index is 12.7. The highest BCUT2D eigenvalue weighted by Gasteiger charge is 2.14. The molecule has 1 atom stereocenters. The number of carbonyl (C=O) groups excluding carboxylic acids is 1. The van der Waals surface area contributed by atoms with E-state index in [1.807, 2.05) is 37.3 Å². The Hall–Kier alpha value is -3.12. The van der Waals surface area contributed by atoms with Gasteiger partial charge in [0.25, 0.3) is 5.91 Å². The number of piperidine rings is 1. The summed E-state index contributed by atoms with van der Waals surface area (Å²) in [5.74, 6) is 1.41. The van der Waals surface area contributed by atoms with Crippen molar-refractivity contribution in [2.24, 2.45) is 0 Å². The molecular formula is C23H26N4O2. The lowest BCUT2D eigenvalue weighted by molar-refractivity contribution is 0.102. The van der Waals surface area contributed by atoms with E-state index in [0.29, 0.717) is 18.2 Å². The highest BCUT2D eigenvalue weighted by molar-refractivity contribution is 6.05. The van der Waals surface area contributed by atoms with Gasteiger partial charge in [0, 0.05) is 35.2 Å². The van der Waals surface area contributed by atoms with Crippen LogP contribution in [0, 0.1) is 6.92 Å². The number of anilines is 1. The molecule has 3 aromatic rings. The second-order valence-corrected chi connectivity index (χ2v) is 7.40. The van der Waals surface area contributed by atoms with Crippen molar-refractivity contribution in [3.63, 3.8) is 0 Å². The Labute approximate surface area is 170 Å². The number of nitrogens with zero attached hydrogens (tertiary/aromatic N) is 1. The quantitative estimate of drug-likeness (QED) is 0.591. The van der Waals surface area contributed by atoms with Gasteiger partial charge in [0.05, 0.1) is 0 Å². The molecule has 29 heavy (non-hydrogen) atoms. The zero-order valence-electron chi connectivity index (χ0n) is 16.6. The van der Waals surface area contributed by atoms with Crippen molar-refractivity contribution in [3.05, 3.63) is 66.0 Å². The fourth-order valence-electron chi connectivity index (χ4n) is 3.49. The van der Waals surface area contributed by atoms with Crippen LogP contribution in [0.2, 0.25) is 0 Å². The van der Waals surface area contributed by atoms with Crippen LogP contribution in [0.5, 0.6) is 5.75 Å². The SMILES string of the molecule is Cc1ccc(-c2ncc[nH]2)cc1NC(=O)c1ccc(OCC2CCCCN2)cc1. The van der Waals surface area contributed by atoms with Gasteiger partial charge in [-0.1, -0.05) is 18.6 Å². The van der Waals surface area contributed by atoms with Gasteiger partial charge in [0.15, 0.2) is 0 Å².